The van der Waals surface area contributed by atoms with Gasteiger partial charge in [-0.1, -0.05) is 42.1 Å². The van der Waals surface area contributed by atoms with Crippen LogP contribution >= 0.6 is 11.8 Å². The average Bonchev–Trinajstić information content (AvgIpc) is 2.96. The molecule has 0 spiro atoms. The summed E-state index contributed by atoms with van der Waals surface area (Å²) in [5.74, 6) is 0.278. The van der Waals surface area contributed by atoms with Crippen LogP contribution in [0.15, 0.2) is 58.6 Å². The van der Waals surface area contributed by atoms with Crippen molar-refractivity contribution in [3.63, 3.8) is 0 Å². The maximum absolute atomic E-state index is 12.3. The molecule has 2 N–H and O–H groups in total. The van der Waals surface area contributed by atoms with Gasteiger partial charge in [-0.15, -0.1) is 0 Å². The Morgan fingerprint density at radius 3 is 2.56 bits per heavy atom. The molecule has 0 atom stereocenters. The van der Waals surface area contributed by atoms with E-state index in [1.165, 1.54) is 23.9 Å². The highest BCUT2D eigenvalue weighted by atomic mass is 32.2. The summed E-state index contributed by atoms with van der Waals surface area (Å²) in [5, 5.41) is 5.85. The van der Waals surface area contributed by atoms with Gasteiger partial charge in [0.1, 0.15) is 0 Å². The van der Waals surface area contributed by atoms with Gasteiger partial charge in [-0.2, -0.15) is 0 Å². The first-order valence-electron chi connectivity index (χ1n) is 7.64. The molecule has 0 saturated carbocycles. The van der Waals surface area contributed by atoms with E-state index in [1.54, 1.807) is 18.2 Å². The number of thioether (sulfide) groups is 1. The smallest absolute Gasteiger partial charge is 0.238 e. The van der Waals surface area contributed by atoms with Crippen LogP contribution in [0.25, 0.3) is 11.0 Å². The molecule has 25 heavy (non-hydrogen) atoms. The van der Waals surface area contributed by atoms with Crippen LogP contribution in [0, 0.1) is 0 Å². The maximum Gasteiger partial charge on any atom is 0.238 e. The molecule has 130 valence electrons. The van der Waals surface area contributed by atoms with Gasteiger partial charge in [0.15, 0.2) is 10.9 Å². The first-order valence-corrected chi connectivity index (χ1v) is 10.2. The third-order valence-corrected chi connectivity index (χ3v) is 5.64. The number of aromatic nitrogens is 2. The Labute approximate surface area is 150 Å². The average molecular weight is 375 g/mol. The van der Waals surface area contributed by atoms with Crippen LogP contribution in [0.3, 0.4) is 0 Å². The number of hydrogen-bond donors (Lipinski definition) is 1. The minimum Gasteiger partial charge on any atom is -0.319 e. The van der Waals surface area contributed by atoms with E-state index in [0.717, 1.165) is 5.52 Å². The number of ketones is 1. The lowest BCUT2D eigenvalue weighted by atomic mass is 10.2. The topological polar surface area (TPSA) is 95.0 Å². The van der Waals surface area contributed by atoms with Crippen molar-refractivity contribution in [2.75, 3.05) is 5.75 Å². The van der Waals surface area contributed by atoms with Crippen molar-refractivity contribution in [1.82, 2.24) is 9.55 Å². The van der Waals surface area contributed by atoms with Crippen molar-refractivity contribution < 1.29 is 13.2 Å². The Bertz CT molecular complexity index is 1030. The Morgan fingerprint density at radius 1 is 1.20 bits per heavy atom. The van der Waals surface area contributed by atoms with Crippen LogP contribution in [-0.4, -0.2) is 29.5 Å². The molecule has 0 saturated heterocycles. The number of sulfonamides is 1. The molecule has 0 aliphatic heterocycles. The number of nitrogens with two attached hydrogens (primary N) is 1. The predicted octanol–water partition coefficient (Wildman–Crippen LogP) is 2.68. The van der Waals surface area contributed by atoms with Gasteiger partial charge in [-0.3, -0.25) is 4.79 Å². The monoisotopic (exact) mass is 375 g/mol. The van der Waals surface area contributed by atoms with E-state index in [0.29, 0.717) is 22.8 Å². The van der Waals surface area contributed by atoms with Gasteiger partial charge in [0, 0.05) is 12.1 Å². The Hall–Kier alpha value is -2.16. The summed E-state index contributed by atoms with van der Waals surface area (Å²) in [6, 6.07) is 13.7. The number of fused-ring (bicyclic) bond motifs is 1. The summed E-state index contributed by atoms with van der Waals surface area (Å²) in [5.41, 5.74) is 2.01. The molecule has 0 amide bonds. The third-order valence-electron chi connectivity index (χ3n) is 3.76. The second-order valence-electron chi connectivity index (χ2n) is 5.41. The molecule has 8 heteroatoms. The van der Waals surface area contributed by atoms with Crippen LogP contribution in [0.1, 0.15) is 17.3 Å². The molecule has 1 aromatic heterocycles. The molecular weight excluding hydrogens is 358 g/mol. The first kappa shape index (κ1) is 17.7. The lowest BCUT2D eigenvalue weighted by Gasteiger charge is -2.05. The van der Waals surface area contributed by atoms with Crippen LogP contribution < -0.4 is 5.14 Å². The number of benzene rings is 2. The van der Waals surface area contributed by atoms with Crippen molar-refractivity contribution in [3.8, 4) is 0 Å². The predicted molar refractivity (Wildman–Crippen MR) is 98.3 cm³/mol. The summed E-state index contributed by atoms with van der Waals surface area (Å²) in [6.45, 7) is 2.63. The normalized spacial score (nSPS) is 11.8. The fraction of sp³-hybridized carbons (Fsp3) is 0.176. The van der Waals surface area contributed by atoms with E-state index >= 15 is 0 Å². The standard InChI is InChI=1S/C17H17N3O3S2/c1-2-20-15-9-8-13(25(18,22)23)10-14(15)19-17(20)24-11-16(21)12-6-4-3-5-7-12/h3-10H,2,11H2,1H3,(H2,18,22,23). The minimum absolute atomic E-state index is 0.0190. The second kappa shape index (κ2) is 6.99. The van der Waals surface area contributed by atoms with E-state index in [2.05, 4.69) is 4.98 Å². The minimum atomic E-state index is -3.78. The number of carbonyl (C=O) groups excluding carboxylic acids is 1. The molecule has 0 unspecified atom stereocenters. The second-order valence-corrected chi connectivity index (χ2v) is 7.92. The van der Waals surface area contributed by atoms with Crippen LogP contribution in [-0.2, 0) is 16.6 Å². The Morgan fingerprint density at radius 2 is 1.92 bits per heavy atom. The molecule has 0 aliphatic rings. The van der Waals surface area contributed by atoms with E-state index in [1.807, 2.05) is 29.7 Å². The lowest BCUT2D eigenvalue weighted by molar-refractivity contribution is 0.102. The zero-order valence-corrected chi connectivity index (χ0v) is 15.2. The molecule has 0 aliphatic carbocycles. The van der Waals surface area contributed by atoms with E-state index in [9.17, 15) is 13.2 Å². The number of hydrogen-bond acceptors (Lipinski definition) is 5. The molecule has 2 aromatic carbocycles. The van der Waals surface area contributed by atoms with Gasteiger partial charge in [-0.05, 0) is 25.1 Å². The van der Waals surface area contributed by atoms with Crippen LogP contribution in [0.2, 0.25) is 0 Å². The summed E-state index contributed by atoms with van der Waals surface area (Å²) in [4.78, 5) is 16.8. The molecule has 0 bridgehead atoms. The highest BCUT2D eigenvalue weighted by Gasteiger charge is 2.15. The van der Waals surface area contributed by atoms with E-state index in [-0.39, 0.29) is 16.4 Å². The van der Waals surface area contributed by atoms with Gasteiger partial charge >= 0.3 is 0 Å². The molecule has 1 heterocycles. The van der Waals surface area contributed by atoms with E-state index in [4.69, 9.17) is 5.14 Å². The number of imidazole rings is 1. The molecule has 6 nitrogen and oxygen atoms in total. The van der Waals surface area contributed by atoms with Crippen molar-refractivity contribution in [1.29, 1.82) is 0 Å². The Kier molecular flexibility index (Phi) is 4.94. The van der Waals surface area contributed by atoms with Crippen LogP contribution in [0.4, 0.5) is 0 Å². The fourth-order valence-electron chi connectivity index (χ4n) is 2.52. The summed E-state index contributed by atoms with van der Waals surface area (Å²) in [7, 11) is -3.78. The molecule has 0 fully saturated rings. The number of carbonyl (C=O) groups is 1. The maximum atomic E-state index is 12.3. The molecular formula is C17H17N3O3S2. The number of rotatable bonds is 6. The van der Waals surface area contributed by atoms with E-state index < -0.39 is 10.0 Å². The third kappa shape index (κ3) is 3.76. The highest BCUT2D eigenvalue weighted by Crippen LogP contribution is 2.26. The first-order chi connectivity index (χ1) is 11.9. The number of Topliss-reactive ketones (excluding diaryl/α,β-unsaturated/α-hetero) is 1. The zero-order valence-electron chi connectivity index (χ0n) is 13.5. The fourth-order valence-corrected chi connectivity index (χ4v) is 4.02. The quantitative estimate of drug-likeness (QED) is 0.528. The summed E-state index contributed by atoms with van der Waals surface area (Å²) >= 11 is 1.34. The van der Waals surface area contributed by atoms with Gasteiger partial charge < -0.3 is 4.57 Å². The van der Waals surface area contributed by atoms with Gasteiger partial charge in [-0.25, -0.2) is 18.5 Å². The largest absolute Gasteiger partial charge is 0.319 e. The number of primary sulfonamides is 1. The zero-order chi connectivity index (χ0) is 18.0. The number of aryl methyl sites for hydroxylation is 1. The van der Waals surface area contributed by atoms with Gasteiger partial charge in [0.25, 0.3) is 0 Å². The molecule has 0 radical (unpaired) electrons. The number of nitrogens with zero attached hydrogens (tertiary/aromatic N) is 2. The summed E-state index contributed by atoms with van der Waals surface area (Å²) < 4.78 is 25.0. The van der Waals surface area contributed by atoms with Crippen molar-refractivity contribution in [3.05, 3.63) is 54.1 Å². The van der Waals surface area contributed by atoms with Crippen molar-refractivity contribution in [2.45, 2.75) is 23.5 Å². The van der Waals surface area contributed by atoms with Gasteiger partial charge in [0.2, 0.25) is 10.0 Å². The van der Waals surface area contributed by atoms with Crippen LogP contribution in [0.5, 0.6) is 0 Å². The van der Waals surface area contributed by atoms with Gasteiger partial charge in [0.05, 0.1) is 21.7 Å². The highest BCUT2D eigenvalue weighted by molar-refractivity contribution is 7.99. The summed E-state index contributed by atoms with van der Waals surface area (Å²) in [6.07, 6.45) is 0. The van der Waals surface area contributed by atoms with Crippen molar-refractivity contribution in [2.24, 2.45) is 5.14 Å². The SMILES string of the molecule is CCn1c(SCC(=O)c2ccccc2)nc2cc(S(N)(=O)=O)ccc21. The molecule has 3 rings (SSSR count). The van der Waals surface area contributed by atoms with Crippen molar-refractivity contribution >= 4 is 38.6 Å². The lowest BCUT2D eigenvalue weighted by Crippen LogP contribution is -2.11. The Balaban J connectivity index is 1.89. The molecule has 3 aromatic rings.